The normalized spacial score (nSPS) is 21.4. The Hall–Kier alpha value is -1.10. The minimum absolute atomic E-state index is 0.0333. The van der Waals surface area contributed by atoms with Gasteiger partial charge >= 0.3 is 0 Å². The molecule has 5 heteroatoms. The summed E-state index contributed by atoms with van der Waals surface area (Å²) in [4.78, 5) is 12.1. The molecule has 1 aliphatic heterocycles. The van der Waals surface area contributed by atoms with E-state index in [1.54, 1.807) is 7.11 Å². The third-order valence-electron chi connectivity index (χ3n) is 3.58. The maximum atomic E-state index is 12.1. The molecule has 3 unspecified atom stereocenters. The van der Waals surface area contributed by atoms with Crippen LogP contribution in [0.15, 0.2) is 24.3 Å². The average Bonchev–Trinajstić information content (AvgIpc) is 2.96. The standard InChI is InChI=1S/C15H20ClNO3/c1-10(17-15(18)12-7-8-20-9-12)14(19-2)11-3-5-13(16)6-4-11/h3-6,10,12,14H,7-9H2,1-2H3,(H,17,18). The van der Waals surface area contributed by atoms with E-state index in [1.165, 1.54) is 0 Å². The van der Waals surface area contributed by atoms with Crippen LogP contribution in [0.3, 0.4) is 0 Å². The molecule has 3 atom stereocenters. The number of hydrogen-bond donors (Lipinski definition) is 1. The molecule has 20 heavy (non-hydrogen) atoms. The zero-order chi connectivity index (χ0) is 14.5. The topological polar surface area (TPSA) is 47.6 Å². The summed E-state index contributed by atoms with van der Waals surface area (Å²) >= 11 is 5.89. The minimum Gasteiger partial charge on any atom is -0.381 e. The van der Waals surface area contributed by atoms with E-state index in [2.05, 4.69) is 5.32 Å². The summed E-state index contributed by atoms with van der Waals surface area (Å²) in [6.07, 6.45) is 0.593. The van der Waals surface area contributed by atoms with Crippen LogP contribution in [0.25, 0.3) is 0 Å². The summed E-state index contributed by atoms with van der Waals surface area (Å²) in [5, 5.41) is 3.69. The molecule has 1 saturated heterocycles. The maximum absolute atomic E-state index is 12.1. The SMILES string of the molecule is COC(c1ccc(Cl)cc1)C(C)NC(=O)C1CCOC1. The van der Waals surface area contributed by atoms with Crippen molar-refractivity contribution in [2.75, 3.05) is 20.3 Å². The van der Waals surface area contributed by atoms with E-state index < -0.39 is 0 Å². The van der Waals surface area contributed by atoms with Gasteiger partial charge in [0.05, 0.1) is 18.6 Å². The lowest BCUT2D eigenvalue weighted by Gasteiger charge is -2.25. The highest BCUT2D eigenvalue weighted by Gasteiger charge is 2.27. The summed E-state index contributed by atoms with van der Waals surface area (Å²) in [6.45, 7) is 3.12. The Labute approximate surface area is 124 Å². The van der Waals surface area contributed by atoms with Crippen molar-refractivity contribution in [3.63, 3.8) is 0 Å². The molecule has 110 valence electrons. The average molecular weight is 298 g/mol. The number of ether oxygens (including phenoxy) is 2. The number of nitrogens with one attached hydrogen (secondary N) is 1. The first kappa shape index (κ1) is 15.3. The Balaban J connectivity index is 1.99. The number of methoxy groups -OCH3 is 1. The predicted molar refractivity (Wildman–Crippen MR) is 77.7 cm³/mol. The number of carbonyl (C=O) groups excluding carboxylic acids is 1. The van der Waals surface area contributed by atoms with Crippen molar-refractivity contribution < 1.29 is 14.3 Å². The van der Waals surface area contributed by atoms with Gasteiger partial charge in [-0.2, -0.15) is 0 Å². The van der Waals surface area contributed by atoms with Gasteiger partial charge in [0.25, 0.3) is 0 Å². The lowest BCUT2D eigenvalue weighted by atomic mass is 10.0. The lowest BCUT2D eigenvalue weighted by molar-refractivity contribution is -0.126. The Kier molecular flexibility index (Phi) is 5.40. The van der Waals surface area contributed by atoms with Gasteiger partial charge in [-0.3, -0.25) is 4.79 Å². The molecule has 0 radical (unpaired) electrons. The van der Waals surface area contributed by atoms with Crippen molar-refractivity contribution in [2.24, 2.45) is 5.92 Å². The Morgan fingerprint density at radius 3 is 2.70 bits per heavy atom. The summed E-state index contributed by atoms with van der Waals surface area (Å²) in [5.74, 6) is -0.00816. The molecule has 2 rings (SSSR count). The van der Waals surface area contributed by atoms with E-state index in [-0.39, 0.29) is 24.0 Å². The van der Waals surface area contributed by atoms with Gasteiger partial charge in [-0.05, 0) is 31.0 Å². The molecule has 0 aliphatic carbocycles. The van der Waals surface area contributed by atoms with Gasteiger partial charge in [0.2, 0.25) is 5.91 Å². The van der Waals surface area contributed by atoms with E-state index in [0.717, 1.165) is 12.0 Å². The predicted octanol–water partition coefficient (Wildman–Crippen LogP) is 2.57. The molecule has 1 aromatic carbocycles. The van der Waals surface area contributed by atoms with Crippen molar-refractivity contribution in [1.82, 2.24) is 5.32 Å². The van der Waals surface area contributed by atoms with Gasteiger partial charge in [0, 0.05) is 18.7 Å². The van der Waals surface area contributed by atoms with Crippen LogP contribution in [0.5, 0.6) is 0 Å². The fourth-order valence-electron chi connectivity index (χ4n) is 2.44. The van der Waals surface area contributed by atoms with Crippen LogP contribution >= 0.6 is 11.6 Å². The zero-order valence-electron chi connectivity index (χ0n) is 11.8. The highest BCUT2D eigenvalue weighted by molar-refractivity contribution is 6.30. The summed E-state index contributed by atoms with van der Waals surface area (Å²) < 4.78 is 10.8. The third-order valence-corrected chi connectivity index (χ3v) is 3.83. The highest BCUT2D eigenvalue weighted by atomic mass is 35.5. The fourth-order valence-corrected chi connectivity index (χ4v) is 2.57. The molecular weight excluding hydrogens is 278 g/mol. The van der Waals surface area contributed by atoms with Crippen LogP contribution in [0, 0.1) is 5.92 Å². The van der Waals surface area contributed by atoms with Gasteiger partial charge in [0.1, 0.15) is 6.10 Å². The van der Waals surface area contributed by atoms with E-state index in [0.29, 0.717) is 18.2 Å². The van der Waals surface area contributed by atoms with Crippen molar-refractivity contribution in [3.05, 3.63) is 34.9 Å². The van der Waals surface area contributed by atoms with Crippen molar-refractivity contribution >= 4 is 17.5 Å². The Bertz CT molecular complexity index is 443. The summed E-state index contributed by atoms with van der Waals surface area (Å²) in [6, 6.07) is 7.36. The second kappa shape index (κ2) is 7.07. The minimum atomic E-state index is -0.196. The van der Waals surface area contributed by atoms with Crippen LogP contribution in [0.2, 0.25) is 5.02 Å². The molecule has 1 heterocycles. The Morgan fingerprint density at radius 2 is 2.15 bits per heavy atom. The highest BCUT2D eigenvalue weighted by Crippen LogP contribution is 2.23. The Morgan fingerprint density at radius 1 is 1.45 bits per heavy atom. The number of carbonyl (C=O) groups is 1. The van der Waals surface area contributed by atoms with Crippen LogP contribution in [0.1, 0.15) is 25.0 Å². The van der Waals surface area contributed by atoms with Crippen LogP contribution in [0.4, 0.5) is 0 Å². The van der Waals surface area contributed by atoms with E-state index in [9.17, 15) is 4.79 Å². The quantitative estimate of drug-likeness (QED) is 0.908. The molecule has 0 spiro atoms. The first-order chi connectivity index (χ1) is 9.61. The molecule has 0 saturated carbocycles. The molecule has 1 aromatic rings. The number of halogens is 1. The van der Waals surface area contributed by atoms with E-state index >= 15 is 0 Å². The van der Waals surface area contributed by atoms with Crippen molar-refractivity contribution in [2.45, 2.75) is 25.5 Å². The number of amides is 1. The van der Waals surface area contributed by atoms with Gasteiger partial charge in [-0.15, -0.1) is 0 Å². The smallest absolute Gasteiger partial charge is 0.225 e. The molecule has 0 aromatic heterocycles. The first-order valence-electron chi connectivity index (χ1n) is 6.78. The monoisotopic (exact) mass is 297 g/mol. The molecule has 0 bridgehead atoms. The first-order valence-corrected chi connectivity index (χ1v) is 7.16. The van der Waals surface area contributed by atoms with Gasteiger partial charge in [0.15, 0.2) is 0 Å². The van der Waals surface area contributed by atoms with Crippen LogP contribution < -0.4 is 5.32 Å². The second-order valence-corrected chi connectivity index (χ2v) is 5.50. The van der Waals surface area contributed by atoms with Crippen molar-refractivity contribution in [3.8, 4) is 0 Å². The lowest BCUT2D eigenvalue weighted by Crippen LogP contribution is -2.41. The summed E-state index contributed by atoms with van der Waals surface area (Å²) in [7, 11) is 1.64. The van der Waals surface area contributed by atoms with Gasteiger partial charge < -0.3 is 14.8 Å². The number of rotatable bonds is 5. The number of hydrogen-bond acceptors (Lipinski definition) is 3. The largest absolute Gasteiger partial charge is 0.381 e. The maximum Gasteiger partial charge on any atom is 0.225 e. The molecule has 1 aliphatic rings. The molecule has 1 N–H and O–H groups in total. The molecule has 1 fully saturated rings. The third kappa shape index (κ3) is 3.72. The van der Waals surface area contributed by atoms with Crippen LogP contribution in [-0.2, 0) is 14.3 Å². The van der Waals surface area contributed by atoms with Crippen LogP contribution in [-0.4, -0.2) is 32.3 Å². The van der Waals surface area contributed by atoms with E-state index in [4.69, 9.17) is 21.1 Å². The van der Waals surface area contributed by atoms with E-state index in [1.807, 2.05) is 31.2 Å². The fraction of sp³-hybridized carbons (Fsp3) is 0.533. The van der Waals surface area contributed by atoms with Gasteiger partial charge in [-0.1, -0.05) is 23.7 Å². The molecule has 4 nitrogen and oxygen atoms in total. The molecular formula is C15H20ClNO3. The zero-order valence-corrected chi connectivity index (χ0v) is 12.5. The summed E-state index contributed by atoms with van der Waals surface area (Å²) in [5.41, 5.74) is 0.993. The second-order valence-electron chi connectivity index (χ2n) is 5.07. The number of benzene rings is 1. The molecule has 1 amide bonds. The van der Waals surface area contributed by atoms with Crippen molar-refractivity contribution in [1.29, 1.82) is 0 Å². The van der Waals surface area contributed by atoms with Gasteiger partial charge in [-0.25, -0.2) is 0 Å².